The molecule has 6 heteroatoms. The van der Waals surface area contributed by atoms with Gasteiger partial charge >= 0.3 is 0 Å². The second-order valence-electron chi connectivity index (χ2n) is 8.99. The number of benzene rings is 2. The molecule has 0 saturated heterocycles. The van der Waals surface area contributed by atoms with Gasteiger partial charge in [0.1, 0.15) is 12.1 Å². The molecule has 0 aliphatic rings. The van der Waals surface area contributed by atoms with Crippen molar-refractivity contribution in [3.05, 3.63) is 70.0 Å². The maximum atomic E-state index is 9.67. The number of para-hydroxylation sites is 2. The highest BCUT2D eigenvalue weighted by Gasteiger charge is 2.19. The average Bonchev–Trinajstić information content (AvgIpc) is 2.88. The summed E-state index contributed by atoms with van der Waals surface area (Å²) < 4.78 is 0. The molecule has 1 heterocycles. The highest BCUT2D eigenvalue weighted by atomic mass is 15.1. The molecule has 0 unspecified atom stereocenters. The number of aromatic nitrogens is 2. The van der Waals surface area contributed by atoms with Crippen molar-refractivity contribution in [3.63, 3.8) is 0 Å². The molecule has 0 saturated carbocycles. The lowest BCUT2D eigenvalue weighted by atomic mass is 9.99. The Morgan fingerprint density at radius 2 is 0.889 bits per heavy atom. The van der Waals surface area contributed by atoms with Crippen LogP contribution in [-0.4, -0.2) is 9.97 Å². The van der Waals surface area contributed by atoms with Crippen LogP contribution in [0.25, 0.3) is 0 Å². The van der Waals surface area contributed by atoms with Crippen LogP contribution < -0.4 is 10.6 Å². The van der Waals surface area contributed by atoms with Gasteiger partial charge < -0.3 is 10.6 Å². The van der Waals surface area contributed by atoms with Gasteiger partial charge in [-0.1, -0.05) is 89.8 Å². The predicted molar refractivity (Wildman–Crippen MR) is 147 cm³/mol. The summed E-state index contributed by atoms with van der Waals surface area (Å²) in [4.78, 5) is 9.17. The van der Waals surface area contributed by atoms with Crippen LogP contribution >= 0.6 is 0 Å². The summed E-state index contributed by atoms with van der Waals surface area (Å²) in [6.45, 7) is 8.66. The second-order valence-corrected chi connectivity index (χ2v) is 8.99. The van der Waals surface area contributed by atoms with Gasteiger partial charge in [0.2, 0.25) is 0 Å². The maximum absolute atomic E-state index is 9.67. The second kappa shape index (κ2) is 13.3. The van der Waals surface area contributed by atoms with E-state index < -0.39 is 0 Å². The van der Waals surface area contributed by atoms with Crippen LogP contribution in [0, 0.1) is 22.7 Å². The minimum atomic E-state index is 0.0196. The molecular weight excluding hydrogens is 444 g/mol. The van der Waals surface area contributed by atoms with Crippen LogP contribution in [0.1, 0.15) is 87.0 Å². The van der Waals surface area contributed by atoms with Crippen molar-refractivity contribution in [2.24, 2.45) is 0 Å². The lowest BCUT2D eigenvalue weighted by molar-refractivity contribution is 0.896. The van der Waals surface area contributed by atoms with E-state index in [-0.39, 0.29) is 11.4 Å². The molecule has 0 amide bonds. The Hall–Kier alpha value is -3.90. The number of nitrogens with one attached hydrogen (secondary N) is 2. The summed E-state index contributed by atoms with van der Waals surface area (Å²) >= 11 is 0. The van der Waals surface area contributed by atoms with Gasteiger partial charge in [0.15, 0.2) is 23.0 Å². The van der Waals surface area contributed by atoms with E-state index in [1.54, 1.807) is 0 Å². The zero-order valence-corrected chi connectivity index (χ0v) is 21.9. The Morgan fingerprint density at radius 1 is 0.583 bits per heavy atom. The summed E-state index contributed by atoms with van der Waals surface area (Å²) in [5.41, 5.74) is 6.89. The summed E-state index contributed by atoms with van der Waals surface area (Å²) in [5, 5.41) is 26.4. The molecular formula is C30H36N6. The van der Waals surface area contributed by atoms with Crippen LogP contribution in [-0.2, 0) is 25.7 Å². The van der Waals surface area contributed by atoms with E-state index in [4.69, 9.17) is 0 Å². The Morgan fingerprint density at radius 3 is 1.14 bits per heavy atom. The van der Waals surface area contributed by atoms with Gasteiger partial charge in [-0.25, -0.2) is 9.97 Å². The third-order valence-corrected chi connectivity index (χ3v) is 6.15. The monoisotopic (exact) mass is 480 g/mol. The Balaban J connectivity index is 2.19. The van der Waals surface area contributed by atoms with Gasteiger partial charge in [0.25, 0.3) is 0 Å². The first-order chi connectivity index (χ1) is 17.6. The van der Waals surface area contributed by atoms with Gasteiger partial charge in [0.05, 0.1) is 0 Å². The van der Waals surface area contributed by atoms with Gasteiger partial charge in [-0.15, -0.1) is 0 Å². The number of rotatable bonds is 12. The third-order valence-electron chi connectivity index (χ3n) is 6.15. The molecule has 0 fully saturated rings. The summed E-state index contributed by atoms with van der Waals surface area (Å²) in [5.74, 6) is 0.917. The summed E-state index contributed by atoms with van der Waals surface area (Å²) in [7, 11) is 0. The quantitative estimate of drug-likeness (QED) is 0.278. The maximum Gasteiger partial charge on any atom is 0.179 e. The highest BCUT2D eigenvalue weighted by Crippen LogP contribution is 2.34. The molecule has 0 aliphatic carbocycles. The summed E-state index contributed by atoms with van der Waals surface area (Å²) in [6, 6.07) is 16.8. The fourth-order valence-electron chi connectivity index (χ4n) is 4.54. The topological polar surface area (TPSA) is 97.4 Å². The van der Waals surface area contributed by atoms with Crippen molar-refractivity contribution in [2.75, 3.05) is 10.6 Å². The Kier molecular flexibility index (Phi) is 9.83. The number of hydrogen-bond donors (Lipinski definition) is 2. The van der Waals surface area contributed by atoms with Crippen LogP contribution in [0.4, 0.5) is 23.0 Å². The minimum Gasteiger partial charge on any atom is -0.337 e. The fraction of sp³-hybridized carbons (Fsp3) is 0.400. The van der Waals surface area contributed by atoms with E-state index >= 15 is 0 Å². The highest BCUT2D eigenvalue weighted by molar-refractivity contribution is 5.78. The average molecular weight is 481 g/mol. The molecule has 6 nitrogen and oxygen atoms in total. The zero-order valence-electron chi connectivity index (χ0n) is 21.9. The summed E-state index contributed by atoms with van der Waals surface area (Å²) in [6.07, 6.45) is 7.78. The predicted octanol–water partition coefficient (Wildman–Crippen LogP) is 7.52. The fourth-order valence-corrected chi connectivity index (χ4v) is 4.54. The van der Waals surface area contributed by atoms with E-state index in [0.717, 1.165) is 62.7 Å². The van der Waals surface area contributed by atoms with Crippen LogP contribution in [0.15, 0.2) is 36.4 Å². The van der Waals surface area contributed by atoms with E-state index in [0.29, 0.717) is 11.6 Å². The van der Waals surface area contributed by atoms with Gasteiger partial charge in [-0.05, 0) is 47.9 Å². The number of nitrogens with zero attached hydrogens (tertiary/aromatic N) is 4. The lowest BCUT2D eigenvalue weighted by Crippen LogP contribution is -2.11. The molecule has 0 bridgehead atoms. The zero-order chi connectivity index (χ0) is 25.9. The molecule has 2 aromatic carbocycles. The number of anilines is 4. The van der Waals surface area contributed by atoms with Crippen LogP contribution in [0.5, 0.6) is 0 Å². The van der Waals surface area contributed by atoms with Crippen molar-refractivity contribution in [3.8, 4) is 12.1 Å². The first kappa shape index (κ1) is 26.7. The molecule has 0 radical (unpaired) electrons. The molecule has 0 aliphatic heterocycles. The molecule has 36 heavy (non-hydrogen) atoms. The van der Waals surface area contributed by atoms with Crippen molar-refractivity contribution in [1.82, 2.24) is 9.97 Å². The normalized spacial score (nSPS) is 10.5. The van der Waals surface area contributed by atoms with E-state index in [1.165, 1.54) is 22.3 Å². The molecule has 186 valence electrons. The Labute approximate surface area is 215 Å². The van der Waals surface area contributed by atoms with Crippen molar-refractivity contribution in [1.29, 1.82) is 10.5 Å². The third kappa shape index (κ3) is 6.20. The largest absolute Gasteiger partial charge is 0.337 e. The SMILES string of the molecule is CCCc1cccc(CCC)c1Nc1nc(C#N)c(C#N)nc1Nc1c(CCC)cccc1CCC. The molecule has 3 aromatic rings. The smallest absolute Gasteiger partial charge is 0.179 e. The van der Waals surface area contributed by atoms with Gasteiger partial charge in [-0.3, -0.25) is 0 Å². The first-order valence-electron chi connectivity index (χ1n) is 13.1. The van der Waals surface area contributed by atoms with E-state index in [2.05, 4.69) is 84.7 Å². The van der Waals surface area contributed by atoms with Crippen LogP contribution in [0.2, 0.25) is 0 Å². The molecule has 1 aromatic heterocycles. The Bertz CT molecular complexity index is 1120. The minimum absolute atomic E-state index is 0.0196. The molecule has 3 rings (SSSR count). The van der Waals surface area contributed by atoms with Gasteiger partial charge in [-0.2, -0.15) is 10.5 Å². The van der Waals surface area contributed by atoms with Gasteiger partial charge in [0, 0.05) is 11.4 Å². The van der Waals surface area contributed by atoms with Crippen molar-refractivity contribution in [2.45, 2.75) is 79.1 Å². The number of aryl methyl sites for hydroxylation is 4. The molecule has 2 N–H and O–H groups in total. The number of hydrogen-bond acceptors (Lipinski definition) is 6. The number of nitriles is 2. The van der Waals surface area contributed by atoms with E-state index in [9.17, 15) is 10.5 Å². The van der Waals surface area contributed by atoms with E-state index in [1.807, 2.05) is 12.1 Å². The van der Waals surface area contributed by atoms with Crippen molar-refractivity contribution < 1.29 is 0 Å². The molecule has 0 atom stereocenters. The van der Waals surface area contributed by atoms with Crippen LogP contribution in [0.3, 0.4) is 0 Å². The molecule has 0 spiro atoms. The van der Waals surface area contributed by atoms with Crippen molar-refractivity contribution >= 4 is 23.0 Å². The standard InChI is InChI=1S/C30H36N6/c1-5-11-21-15-9-16-22(12-6-2)27(21)35-29-30(34-26(20-32)25(19-31)33-29)36-28-23(13-7-3)17-10-18-24(28)14-8-4/h9-10,15-18H,5-8,11-14H2,1-4H3,(H,33,35)(H,34,36). The first-order valence-corrected chi connectivity index (χ1v) is 13.1. The lowest BCUT2D eigenvalue weighted by Gasteiger charge is -2.20.